The zero-order valence-electron chi connectivity index (χ0n) is 17.3. The molecule has 3 rings (SSSR count). The van der Waals surface area contributed by atoms with E-state index in [2.05, 4.69) is 5.32 Å². The Balaban J connectivity index is 1.48. The minimum Gasteiger partial charge on any atom is -0.338 e. The SMILES string of the molecule is CC(c1ccc(F)c(F)c1)N(C)C(=O)CN1CCC(C(=O)Nc2ccccc2)CC1. The summed E-state index contributed by atoms with van der Waals surface area (Å²) in [4.78, 5) is 28.7. The van der Waals surface area contributed by atoms with Crippen LogP contribution in [0.1, 0.15) is 31.4 Å². The van der Waals surface area contributed by atoms with Gasteiger partial charge in [-0.25, -0.2) is 8.78 Å². The van der Waals surface area contributed by atoms with Crippen LogP contribution in [-0.4, -0.2) is 48.3 Å². The zero-order chi connectivity index (χ0) is 21.7. The standard InChI is InChI=1S/C23H27F2N3O2/c1-16(18-8-9-20(24)21(25)14-18)27(2)22(29)15-28-12-10-17(11-13-28)23(30)26-19-6-4-3-5-7-19/h3-9,14,16-17H,10-13,15H2,1-2H3,(H,26,30). The van der Waals surface area contributed by atoms with Gasteiger partial charge in [0, 0.05) is 18.7 Å². The number of benzene rings is 2. The second kappa shape index (κ2) is 9.80. The van der Waals surface area contributed by atoms with Crippen LogP contribution in [0.25, 0.3) is 0 Å². The predicted octanol–water partition coefficient (Wildman–Crippen LogP) is 3.83. The van der Waals surface area contributed by atoms with E-state index in [0.717, 1.165) is 17.8 Å². The van der Waals surface area contributed by atoms with Gasteiger partial charge in [-0.1, -0.05) is 24.3 Å². The maximum absolute atomic E-state index is 13.5. The topological polar surface area (TPSA) is 52.7 Å². The van der Waals surface area contributed by atoms with Crippen molar-refractivity contribution in [3.8, 4) is 0 Å². The fraction of sp³-hybridized carbons (Fsp3) is 0.391. The monoisotopic (exact) mass is 415 g/mol. The van der Waals surface area contributed by atoms with Gasteiger partial charge in [0.2, 0.25) is 11.8 Å². The third kappa shape index (κ3) is 5.42. The number of amides is 2. The summed E-state index contributed by atoms with van der Waals surface area (Å²) in [5.41, 5.74) is 1.33. The predicted molar refractivity (Wildman–Crippen MR) is 112 cm³/mol. The fourth-order valence-corrected chi connectivity index (χ4v) is 3.63. The summed E-state index contributed by atoms with van der Waals surface area (Å²) >= 11 is 0. The molecule has 1 unspecified atom stereocenters. The number of para-hydroxylation sites is 1. The second-order valence-corrected chi connectivity index (χ2v) is 7.76. The number of likely N-dealkylation sites (tertiary alicyclic amines) is 1. The average molecular weight is 415 g/mol. The molecule has 2 aromatic carbocycles. The number of hydrogen-bond donors (Lipinski definition) is 1. The van der Waals surface area contributed by atoms with E-state index in [4.69, 9.17) is 0 Å². The molecule has 30 heavy (non-hydrogen) atoms. The average Bonchev–Trinajstić information content (AvgIpc) is 2.75. The first-order valence-corrected chi connectivity index (χ1v) is 10.1. The highest BCUT2D eigenvalue weighted by molar-refractivity contribution is 5.92. The first-order chi connectivity index (χ1) is 14.3. The van der Waals surface area contributed by atoms with Crippen molar-refractivity contribution in [2.75, 3.05) is 32.0 Å². The molecule has 0 spiro atoms. The molecule has 0 saturated carbocycles. The van der Waals surface area contributed by atoms with Gasteiger partial charge in [-0.2, -0.15) is 0 Å². The van der Waals surface area contributed by atoms with Gasteiger partial charge in [-0.3, -0.25) is 14.5 Å². The highest BCUT2D eigenvalue weighted by atomic mass is 19.2. The number of anilines is 1. The van der Waals surface area contributed by atoms with Gasteiger partial charge in [0.05, 0.1) is 12.6 Å². The molecule has 1 N–H and O–H groups in total. The molecule has 1 heterocycles. The van der Waals surface area contributed by atoms with E-state index in [-0.39, 0.29) is 30.3 Å². The summed E-state index contributed by atoms with van der Waals surface area (Å²) in [6.07, 6.45) is 1.38. The van der Waals surface area contributed by atoms with E-state index in [0.29, 0.717) is 31.5 Å². The van der Waals surface area contributed by atoms with Crippen LogP contribution in [0.3, 0.4) is 0 Å². The third-order valence-electron chi connectivity index (χ3n) is 5.76. The lowest BCUT2D eigenvalue weighted by molar-refractivity contribution is -0.133. The molecule has 1 saturated heterocycles. The van der Waals surface area contributed by atoms with E-state index >= 15 is 0 Å². The summed E-state index contributed by atoms with van der Waals surface area (Å²) in [5.74, 6) is -1.98. The highest BCUT2D eigenvalue weighted by Crippen LogP contribution is 2.23. The first-order valence-electron chi connectivity index (χ1n) is 10.1. The molecule has 160 valence electrons. The molecule has 1 aliphatic heterocycles. The lowest BCUT2D eigenvalue weighted by Gasteiger charge is -2.33. The van der Waals surface area contributed by atoms with Crippen molar-refractivity contribution in [1.29, 1.82) is 0 Å². The van der Waals surface area contributed by atoms with Crippen LogP contribution in [0.5, 0.6) is 0 Å². The van der Waals surface area contributed by atoms with Crippen LogP contribution < -0.4 is 5.32 Å². The van der Waals surface area contributed by atoms with Gasteiger partial charge >= 0.3 is 0 Å². The van der Waals surface area contributed by atoms with E-state index in [1.165, 1.54) is 6.07 Å². The van der Waals surface area contributed by atoms with E-state index in [1.807, 2.05) is 35.2 Å². The van der Waals surface area contributed by atoms with E-state index in [9.17, 15) is 18.4 Å². The highest BCUT2D eigenvalue weighted by Gasteiger charge is 2.27. The Bertz CT molecular complexity index is 883. The maximum atomic E-state index is 13.5. The zero-order valence-corrected chi connectivity index (χ0v) is 17.3. The van der Waals surface area contributed by atoms with Crippen molar-refractivity contribution >= 4 is 17.5 Å². The van der Waals surface area contributed by atoms with Crippen LogP contribution in [0.15, 0.2) is 48.5 Å². The minimum atomic E-state index is -0.920. The van der Waals surface area contributed by atoms with Crippen molar-refractivity contribution in [1.82, 2.24) is 9.80 Å². The van der Waals surface area contributed by atoms with Gasteiger partial charge in [0.25, 0.3) is 0 Å². The Morgan fingerprint density at radius 3 is 2.40 bits per heavy atom. The van der Waals surface area contributed by atoms with Crippen molar-refractivity contribution in [3.63, 3.8) is 0 Å². The van der Waals surface area contributed by atoms with Gasteiger partial charge in [0.1, 0.15) is 0 Å². The third-order valence-corrected chi connectivity index (χ3v) is 5.76. The maximum Gasteiger partial charge on any atom is 0.236 e. The summed E-state index contributed by atoms with van der Waals surface area (Å²) in [6.45, 7) is 3.33. The Labute approximate surface area is 175 Å². The van der Waals surface area contributed by atoms with Crippen LogP contribution >= 0.6 is 0 Å². The lowest BCUT2D eigenvalue weighted by atomic mass is 9.95. The Morgan fingerprint density at radius 2 is 1.77 bits per heavy atom. The van der Waals surface area contributed by atoms with E-state index in [1.54, 1.807) is 18.9 Å². The molecule has 7 heteroatoms. The molecule has 0 aliphatic carbocycles. The summed E-state index contributed by atoms with van der Waals surface area (Å²) < 4.78 is 26.6. The number of halogens is 2. The Morgan fingerprint density at radius 1 is 1.10 bits per heavy atom. The Hall–Kier alpha value is -2.80. The molecular weight excluding hydrogens is 388 g/mol. The first kappa shape index (κ1) is 21.9. The molecule has 1 fully saturated rings. The summed E-state index contributed by atoms with van der Waals surface area (Å²) in [6, 6.07) is 12.7. The van der Waals surface area contributed by atoms with E-state index < -0.39 is 11.6 Å². The largest absolute Gasteiger partial charge is 0.338 e. The van der Waals surface area contributed by atoms with Crippen LogP contribution in [0.2, 0.25) is 0 Å². The second-order valence-electron chi connectivity index (χ2n) is 7.76. The number of piperidine rings is 1. The quantitative estimate of drug-likeness (QED) is 0.780. The van der Waals surface area contributed by atoms with Crippen molar-refractivity contribution in [3.05, 3.63) is 65.7 Å². The fourth-order valence-electron chi connectivity index (χ4n) is 3.63. The molecule has 1 atom stereocenters. The molecule has 1 aliphatic rings. The number of rotatable bonds is 6. The van der Waals surface area contributed by atoms with Gasteiger partial charge in [-0.15, -0.1) is 0 Å². The molecule has 2 amide bonds. The molecule has 0 aromatic heterocycles. The number of carbonyl (C=O) groups is 2. The van der Waals surface area contributed by atoms with Gasteiger partial charge in [0.15, 0.2) is 11.6 Å². The van der Waals surface area contributed by atoms with Crippen molar-refractivity contribution < 1.29 is 18.4 Å². The molecule has 0 radical (unpaired) electrons. The number of likely N-dealkylation sites (N-methyl/N-ethyl adjacent to an activating group) is 1. The molecule has 5 nitrogen and oxygen atoms in total. The van der Waals surface area contributed by atoms with Crippen molar-refractivity contribution in [2.45, 2.75) is 25.8 Å². The van der Waals surface area contributed by atoms with Crippen molar-refractivity contribution in [2.24, 2.45) is 5.92 Å². The Kier molecular flexibility index (Phi) is 7.15. The normalized spacial score (nSPS) is 16.1. The van der Waals surface area contributed by atoms with Crippen LogP contribution in [0, 0.1) is 17.6 Å². The van der Waals surface area contributed by atoms with Crippen LogP contribution in [-0.2, 0) is 9.59 Å². The van der Waals surface area contributed by atoms with Gasteiger partial charge < -0.3 is 10.2 Å². The molecule has 0 bridgehead atoms. The van der Waals surface area contributed by atoms with Crippen LogP contribution in [0.4, 0.5) is 14.5 Å². The summed E-state index contributed by atoms with van der Waals surface area (Å²) in [7, 11) is 1.66. The minimum absolute atomic E-state index is 0.0104. The number of carbonyl (C=O) groups excluding carboxylic acids is 2. The number of hydrogen-bond acceptors (Lipinski definition) is 3. The molecular formula is C23H27F2N3O2. The number of nitrogens with zero attached hydrogens (tertiary/aromatic N) is 2. The molecule has 2 aromatic rings. The summed E-state index contributed by atoms with van der Waals surface area (Å²) in [5, 5.41) is 2.94. The number of nitrogens with one attached hydrogen (secondary N) is 1. The smallest absolute Gasteiger partial charge is 0.236 e. The lowest BCUT2D eigenvalue weighted by Crippen LogP contribution is -2.44. The van der Waals surface area contributed by atoms with Gasteiger partial charge in [-0.05, 0) is 62.7 Å².